The SMILES string of the molecule is Cc1c(C(=O)NC2CCN(CC3CCCCC3)CC2)cnn1C. The second kappa shape index (κ2) is 7.47. The summed E-state index contributed by atoms with van der Waals surface area (Å²) in [7, 11) is 1.87. The van der Waals surface area contributed by atoms with E-state index >= 15 is 0 Å². The molecule has 1 saturated carbocycles. The molecule has 1 aromatic rings. The minimum absolute atomic E-state index is 0.0290. The van der Waals surface area contributed by atoms with Gasteiger partial charge in [0, 0.05) is 38.4 Å². The fraction of sp³-hybridized carbons (Fsp3) is 0.778. The number of aryl methyl sites for hydroxylation is 1. The van der Waals surface area contributed by atoms with Crippen molar-refractivity contribution in [1.29, 1.82) is 0 Å². The number of hydrogen-bond donors (Lipinski definition) is 1. The average molecular weight is 318 g/mol. The van der Waals surface area contributed by atoms with Crippen molar-refractivity contribution < 1.29 is 4.79 Å². The number of piperidine rings is 1. The van der Waals surface area contributed by atoms with E-state index in [1.807, 2.05) is 14.0 Å². The Kier molecular flexibility index (Phi) is 5.36. The molecule has 1 aromatic heterocycles. The molecule has 0 radical (unpaired) electrons. The van der Waals surface area contributed by atoms with E-state index < -0.39 is 0 Å². The maximum atomic E-state index is 12.4. The zero-order valence-corrected chi connectivity index (χ0v) is 14.6. The second-order valence-corrected chi connectivity index (χ2v) is 7.32. The lowest BCUT2D eigenvalue weighted by Gasteiger charge is -2.35. The van der Waals surface area contributed by atoms with Gasteiger partial charge in [-0.25, -0.2) is 0 Å². The molecule has 0 spiro atoms. The van der Waals surface area contributed by atoms with E-state index in [4.69, 9.17) is 0 Å². The Labute approximate surface area is 139 Å². The number of carbonyl (C=O) groups excluding carboxylic acids is 1. The Morgan fingerprint density at radius 1 is 1.22 bits per heavy atom. The van der Waals surface area contributed by atoms with Gasteiger partial charge in [0.25, 0.3) is 5.91 Å². The quantitative estimate of drug-likeness (QED) is 0.928. The van der Waals surface area contributed by atoms with Crippen LogP contribution in [0.4, 0.5) is 0 Å². The van der Waals surface area contributed by atoms with Gasteiger partial charge < -0.3 is 10.2 Å². The zero-order chi connectivity index (χ0) is 16.2. The Morgan fingerprint density at radius 2 is 1.91 bits per heavy atom. The first kappa shape index (κ1) is 16.5. The predicted octanol–water partition coefficient (Wildman–Crippen LogP) is 2.50. The summed E-state index contributed by atoms with van der Waals surface area (Å²) in [6.07, 6.45) is 10.9. The van der Waals surface area contributed by atoms with E-state index in [1.165, 1.54) is 38.6 Å². The third kappa shape index (κ3) is 4.14. The molecule has 0 bridgehead atoms. The summed E-state index contributed by atoms with van der Waals surface area (Å²) in [5.41, 5.74) is 1.63. The molecule has 0 atom stereocenters. The Balaban J connectivity index is 1.43. The average Bonchev–Trinajstić information content (AvgIpc) is 2.90. The molecule has 2 heterocycles. The van der Waals surface area contributed by atoms with E-state index in [2.05, 4.69) is 15.3 Å². The lowest BCUT2D eigenvalue weighted by atomic mass is 9.88. The molecular weight excluding hydrogens is 288 g/mol. The molecule has 1 saturated heterocycles. The number of carbonyl (C=O) groups is 1. The number of aromatic nitrogens is 2. The van der Waals surface area contributed by atoms with Gasteiger partial charge in [0.15, 0.2) is 0 Å². The van der Waals surface area contributed by atoms with Gasteiger partial charge in [-0.1, -0.05) is 19.3 Å². The van der Waals surface area contributed by atoms with Crippen LogP contribution < -0.4 is 5.32 Å². The van der Waals surface area contributed by atoms with Crippen LogP contribution in [0.3, 0.4) is 0 Å². The van der Waals surface area contributed by atoms with Crippen LogP contribution in [0, 0.1) is 12.8 Å². The first-order chi connectivity index (χ1) is 11.1. The van der Waals surface area contributed by atoms with Crippen molar-refractivity contribution in [2.75, 3.05) is 19.6 Å². The molecule has 5 heteroatoms. The van der Waals surface area contributed by atoms with Crippen molar-refractivity contribution in [3.63, 3.8) is 0 Å². The van der Waals surface area contributed by atoms with E-state index in [1.54, 1.807) is 10.9 Å². The molecule has 3 rings (SSSR count). The van der Waals surface area contributed by atoms with E-state index in [0.29, 0.717) is 11.6 Å². The molecule has 2 fully saturated rings. The normalized spacial score (nSPS) is 21.5. The summed E-state index contributed by atoms with van der Waals surface area (Å²) in [5.74, 6) is 0.939. The monoisotopic (exact) mass is 318 g/mol. The van der Waals surface area contributed by atoms with Crippen LogP contribution in [0.1, 0.15) is 61.0 Å². The van der Waals surface area contributed by atoms with E-state index in [-0.39, 0.29) is 5.91 Å². The van der Waals surface area contributed by atoms with Gasteiger partial charge in [0.1, 0.15) is 0 Å². The maximum absolute atomic E-state index is 12.4. The summed E-state index contributed by atoms with van der Waals surface area (Å²) in [4.78, 5) is 15.0. The van der Waals surface area contributed by atoms with Gasteiger partial charge in [0.2, 0.25) is 0 Å². The van der Waals surface area contributed by atoms with Gasteiger partial charge >= 0.3 is 0 Å². The first-order valence-corrected chi connectivity index (χ1v) is 9.15. The second-order valence-electron chi connectivity index (χ2n) is 7.32. The molecular formula is C18H30N4O. The molecule has 5 nitrogen and oxygen atoms in total. The number of nitrogens with one attached hydrogen (secondary N) is 1. The van der Waals surface area contributed by atoms with Crippen LogP contribution in [0.2, 0.25) is 0 Å². The number of amides is 1. The minimum Gasteiger partial charge on any atom is -0.349 e. The molecule has 1 aliphatic carbocycles. The first-order valence-electron chi connectivity index (χ1n) is 9.15. The van der Waals surface area contributed by atoms with Crippen molar-refractivity contribution in [1.82, 2.24) is 20.0 Å². The van der Waals surface area contributed by atoms with Crippen LogP contribution in [0.25, 0.3) is 0 Å². The van der Waals surface area contributed by atoms with Crippen molar-refractivity contribution in [3.05, 3.63) is 17.5 Å². The Morgan fingerprint density at radius 3 is 2.52 bits per heavy atom. The Bertz CT molecular complexity index is 525. The number of nitrogens with zero attached hydrogens (tertiary/aromatic N) is 3. The Hall–Kier alpha value is -1.36. The van der Waals surface area contributed by atoms with Gasteiger partial charge in [-0.15, -0.1) is 0 Å². The molecule has 1 amide bonds. The van der Waals surface area contributed by atoms with Crippen LogP contribution in [0.5, 0.6) is 0 Å². The van der Waals surface area contributed by atoms with Gasteiger partial charge in [-0.3, -0.25) is 9.48 Å². The van der Waals surface area contributed by atoms with E-state index in [0.717, 1.165) is 37.5 Å². The number of hydrogen-bond acceptors (Lipinski definition) is 3. The predicted molar refractivity (Wildman–Crippen MR) is 91.4 cm³/mol. The fourth-order valence-corrected chi connectivity index (χ4v) is 3.98. The van der Waals surface area contributed by atoms with Crippen LogP contribution in [-0.4, -0.2) is 46.3 Å². The third-order valence-corrected chi connectivity index (χ3v) is 5.64. The molecule has 0 unspecified atom stereocenters. The van der Waals surface area contributed by atoms with Crippen molar-refractivity contribution in [2.45, 2.75) is 57.9 Å². The van der Waals surface area contributed by atoms with Crippen LogP contribution in [-0.2, 0) is 7.05 Å². The van der Waals surface area contributed by atoms with Gasteiger partial charge in [-0.2, -0.15) is 5.10 Å². The largest absolute Gasteiger partial charge is 0.349 e. The lowest BCUT2D eigenvalue weighted by molar-refractivity contribution is 0.0901. The van der Waals surface area contributed by atoms with Gasteiger partial charge in [-0.05, 0) is 38.5 Å². The molecule has 128 valence electrons. The summed E-state index contributed by atoms with van der Waals surface area (Å²) in [5, 5.41) is 7.35. The van der Waals surface area contributed by atoms with Crippen molar-refractivity contribution in [3.8, 4) is 0 Å². The van der Waals surface area contributed by atoms with Crippen molar-refractivity contribution in [2.24, 2.45) is 13.0 Å². The molecule has 0 aromatic carbocycles. The highest BCUT2D eigenvalue weighted by Crippen LogP contribution is 2.25. The third-order valence-electron chi connectivity index (χ3n) is 5.64. The standard InChI is InChI=1S/C18H30N4O/c1-14-17(12-19-21(14)2)18(23)20-16-8-10-22(11-9-16)13-15-6-4-3-5-7-15/h12,15-16H,3-11,13H2,1-2H3,(H,20,23). The smallest absolute Gasteiger partial charge is 0.254 e. The molecule has 23 heavy (non-hydrogen) atoms. The van der Waals surface area contributed by atoms with Crippen LogP contribution >= 0.6 is 0 Å². The van der Waals surface area contributed by atoms with Gasteiger partial charge in [0.05, 0.1) is 11.8 Å². The highest BCUT2D eigenvalue weighted by Gasteiger charge is 2.24. The summed E-state index contributed by atoms with van der Waals surface area (Å²) >= 11 is 0. The number of rotatable bonds is 4. The number of likely N-dealkylation sites (tertiary alicyclic amines) is 1. The highest BCUT2D eigenvalue weighted by atomic mass is 16.1. The maximum Gasteiger partial charge on any atom is 0.254 e. The summed E-state index contributed by atoms with van der Waals surface area (Å²) in [6, 6.07) is 0.310. The minimum atomic E-state index is 0.0290. The molecule has 2 aliphatic rings. The molecule has 1 aliphatic heterocycles. The van der Waals surface area contributed by atoms with Crippen LogP contribution in [0.15, 0.2) is 6.20 Å². The lowest BCUT2D eigenvalue weighted by Crippen LogP contribution is -2.46. The van der Waals surface area contributed by atoms with Crippen molar-refractivity contribution >= 4 is 5.91 Å². The zero-order valence-electron chi connectivity index (χ0n) is 14.6. The van der Waals surface area contributed by atoms with E-state index in [9.17, 15) is 4.79 Å². The topological polar surface area (TPSA) is 50.2 Å². The molecule has 1 N–H and O–H groups in total. The highest BCUT2D eigenvalue weighted by molar-refractivity contribution is 5.95. The summed E-state index contributed by atoms with van der Waals surface area (Å²) in [6.45, 7) is 5.44. The fourth-order valence-electron chi connectivity index (χ4n) is 3.98. The summed E-state index contributed by atoms with van der Waals surface area (Å²) < 4.78 is 1.75.